The summed E-state index contributed by atoms with van der Waals surface area (Å²) in [5.74, 6) is -2.08. The molecule has 0 saturated carbocycles. The average Bonchev–Trinajstić information content (AvgIpc) is 3.36. The van der Waals surface area contributed by atoms with E-state index in [0.717, 1.165) is 11.3 Å². The van der Waals surface area contributed by atoms with Gasteiger partial charge in [0.1, 0.15) is 5.92 Å². The first kappa shape index (κ1) is 18.9. The van der Waals surface area contributed by atoms with E-state index in [0.29, 0.717) is 18.5 Å². The number of carbonyl (C=O) groups excluding carboxylic acids is 2. The second kappa shape index (κ2) is 8.28. The summed E-state index contributed by atoms with van der Waals surface area (Å²) in [4.78, 5) is 24.9. The van der Waals surface area contributed by atoms with Gasteiger partial charge in [0.25, 0.3) is 0 Å². The second-order valence-corrected chi connectivity index (χ2v) is 7.09. The van der Waals surface area contributed by atoms with Crippen molar-refractivity contribution in [1.82, 2.24) is 15.1 Å². The summed E-state index contributed by atoms with van der Waals surface area (Å²) in [6.07, 6.45) is 3.73. The zero-order chi connectivity index (χ0) is 20.2. The third-order valence-corrected chi connectivity index (χ3v) is 5.14. The molecular formula is C22H22N4O3. The molecule has 1 aromatic heterocycles. The molecule has 0 aliphatic carbocycles. The minimum absolute atomic E-state index is 0.443. The van der Waals surface area contributed by atoms with Crippen LogP contribution in [0.3, 0.4) is 0 Å². The molecule has 0 bridgehead atoms. The SMILES string of the molecule is O=C(Nc1ccc(-n2cccn2)cc1)C1C(=O)NC(CCc2ccccc2)C1O. The lowest BCUT2D eigenvalue weighted by atomic mass is 9.96. The van der Waals surface area contributed by atoms with Gasteiger partial charge in [0.15, 0.2) is 0 Å². The maximum Gasteiger partial charge on any atom is 0.239 e. The average molecular weight is 390 g/mol. The van der Waals surface area contributed by atoms with Crippen molar-refractivity contribution in [2.75, 3.05) is 5.32 Å². The van der Waals surface area contributed by atoms with Gasteiger partial charge >= 0.3 is 0 Å². The zero-order valence-corrected chi connectivity index (χ0v) is 15.7. The number of hydrogen-bond donors (Lipinski definition) is 3. The summed E-state index contributed by atoms with van der Waals surface area (Å²) in [6.45, 7) is 0. The number of benzene rings is 2. The summed E-state index contributed by atoms with van der Waals surface area (Å²) < 4.78 is 1.71. The fourth-order valence-electron chi connectivity index (χ4n) is 3.57. The molecule has 3 aromatic rings. The molecule has 1 aliphatic heterocycles. The molecule has 7 nitrogen and oxygen atoms in total. The first-order valence-electron chi connectivity index (χ1n) is 9.55. The van der Waals surface area contributed by atoms with E-state index in [9.17, 15) is 14.7 Å². The molecule has 3 N–H and O–H groups in total. The van der Waals surface area contributed by atoms with Gasteiger partial charge in [-0.15, -0.1) is 0 Å². The lowest BCUT2D eigenvalue weighted by molar-refractivity contribution is -0.132. The fourth-order valence-corrected chi connectivity index (χ4v) is 3.57. The minimum Gasteiger partial charge on any atom is -0.390 e. The smallest absolute Gasteiger partial charge is 0.239 e. The van der Waals surface area contributed by atoms with Crippen LogP contribution in [0.1, 0.15) is 12.0 Å². The Labute approximate surface area is 168 Å². The Kier molecular flexibility index (Phi) is 5.39. The van der Waals surface area contributed by atoms with Gasteiger partial charge < -0.3 is 15.7 Å². The van der Waals surface area contributed by atoms with Crippen LogP contribution in [0.2, 0.25) is 0 Å². The highest BCUT2D eigenvalue weighted by atomic mass is 16.3. The predicted molar refractivity (Wildman–Crippen MR) is 108 cm³/mol. The van der Waals surface area contributed by atoms with Gasteiger partial charge in [-0.25, -0.2) is 4.68 Å². The van der Waals surface area contributed by atoms with E-state index in [1.807, 2.05) is 54.7 Å². The van der Waals surface area contributed by atoms with E-state index in [1.165, 1.54) is 0 Å². The van der Waals surface area contributed by atoms with Crippen molar-refractivity contribution in [2.45, 2.75) is 25.0 Å². The normalized spacial score (nSPS) is 21.0. The molecule has 2 aromatic carbocycles. The molecule has 0 spiro atoms. The Balaban J connectivity index is 1.37. The van der Waals surface area contributed by atoms with E-state index >= 15 is 0 Å². The first-order chi connectivity index (χ1) is 14.1. The van der Waals surface area contributed by atoms with Crippen LogP contribution in [0.4, 0.5) is 5.69 Å². The number of hydrogen-bond acceptors (Lipinski definition) is 4. The molecule has 7 heteroatoms. The Morgan fingerprint density at radius 1 is 1.10 bits per heavy atom. The number of carbonyl (C=O) groups is 2. The van der Waals surface area contributed by atoms with Gasteiger partial charge in [0.05, 0.1) is 17.8 Å². The maximum atomic E-state index is 12.6. The molecule has 1 fully saturated rings. The van der Waals surface area contributed by atoms with Gasteiger partial charge in [-0.2, -0.15) is 5.10 Å². The number of aliphatic hydroxyl groups is 1. The quantitative estimate of drug-likeness (QED) is 0.560. The van der Waals surface area contributed by atoms with Crippen molar-refractivity contribution in [2.24, 2.45) is 5.92 Å². The second-order valence-electron chi connectivity index (χ2n) is 7.09. The van der Waals surface area contributed by atoms with E-state index in [4.69, 9.17) is 0 Å². The monoisotopic (exact) mass is 390 g/mol. The molecule has 2 amide bonds. The van der Waals surface area contributed by atoms with Crippen LogP contribution in [-0.4, -0.2) is 38.8 Å². The number of aromatic nitrogens is 2. The number of anilines is 1. The van der Waals surface area contributed by atoms with Crippen LogP contribution >= 0.6 is 0 Å². The van der Waals surface area contributed by atoms with Crippen LogP contribution in [0, 0.1) is 5.92 Å². The van der Waals surface area contributed by atoms with Crippen LogP contribution in [0.15, 0.2) is 73.1 Å². The van der Waals surface area contributed by atoms with Crippen LogP contribution in [-0.2, 0) is 16.0 Å². The third kappa shape index (κ3) is 4.20. The third-order valence-electron chi connectivity index (χ3n) is 5.14. The number of aryl methyl sites for hydroxylation is 1. The van der Waals surface area contributed by atoms with E-state index < -0.39 is 29.9 Å². The minimum atomic E-state index is -1.12. The highest BCUT2D eigenvalue weighted by molar-refractivity contribution is 6.08. The van der Waals surface area contributed by atoms with Crippen LogP contribution in [0.25, 0.3) is 5.69 Å². The van der Waals surface area contributed by atoms with Crippen molar-refractivity contribution in [3.05, 3.63) is 78.6 Å². The van der Waals surface area contributed by atoms with Gasteiger partial charge in [0.2, 0.25) is 11.8 Å². The van der Waals surface area contributed by atoms with Crippen molar-refractivity contribution in [3.63, 3.8) is 0 Å². The molecule has 0 radical (unpaired) electrons. The predicted octanol–water partition coefficient (Wildman–Crippen LogP) is 1.92. The summed E-state index contributed by atoms with van der Waals surface area (Å²) in [7, 11) is 0. The molecule has 29 heavy (non-hydrogen) atoms. The first-order valence-corrected chi connectivity index (χ1v) is 9.55. The number of amides is 2. The molecule has 1 saturated heterocycles. The lowest BCUT2D eigenvalue weighted by Crippen LogP contribution is -2.36. The molecular weight excluding hydrogens is 368 g/mol. The summed E-state index contributed by atoms with van der Waals surface area (Å²) in [5, 5.41) is 20.2. The van der Waals surface area contributed by atoms with Crippen LogP contribution < -0.4 is 10.6 Å². The van der Waals surface area contributed by atoms with Crippen LogP contribution in [0.5, 0.6) is 0 Å². The van der Waals surface area contributed by atoms with Crippen molar-refractivity contribution >= 4 is 17.5 Å². The van der Waals surface area contributed by atoms with E-state index in [-0.39, 0.29) is 0 Å². The molecule has 2 heterocycles. The number of nitrogens with zero attached hydrogens (tertiary/aromatic N) is 2. The standard InChI is InChI=1S/C22H22N4O3/c27-20-18(12-7-15-5-2-1-3-6-15)25-22(29)19(20)21(28)24-16-8-10-17(11-9-16)26-14-4-13-23-26/h1-6,8-11,13-14,18-20,27H,7,12H2,(H,24,28)(H,25,29). The lowest BCUT2D eigenvalue weighted by Gasteiger charge is -2.17. The molecule has 4 rings (SSSR count). The summed E-state index contributed by atoms with van der Waals surface area (Å²) >= 11 is 0. The highest BCUT2D eigenvalue weighted by Crippen LogP contribution is 2.23. The largest absolute Gasteiger partial charge is 0.390 e. The maximum absolute atomic E-state index is 12.6. The zero-order valence-electron chi connectivity index (χ0n) is 15.7. The fraction of sp³-hybridized carbons (Fsp3) is 0.227. The van der Waals surface area contributed by atoms with Crippen molar-refractivity contribution < 1.29 is 14.7 Å². The van der Waals surface area contributed by atoms with E-state index in [1.54, 1.807) is 23.0 Å². The summed E-state index contributed by atoms with van der Waals surface area (Å²) in [6, 6.07) is 18.3. The van der Waals surface area contributed by atoms with Gasteiger partial charge in [-0.1, -0.05) is 30.3 Å². The Hall–Kier alpha value is -3.45. The van der Waals surface area contributed by atoms with Gasteiger partial charge in [0, 0.05) is 18.1 Å². The Morgan fingerprint density at radius 3 is 2.55 bits per heavy atom. The number of rotatable bonds is 6. The summed E-state index contributed by atoms with van der Waals surface area (Å²) in [5.41, 5.74) is 2.53. The van der Waals surface area contributed by atoms with Crippen molar-refractivity contribution in [1.29, 1.82) is 0 Å². The molecule has 1 aliphatic rings. The van der Waals surface area contributed by atoms with Gasteiger partial charge in [-0.05, 0) is 48.7 Å². The Morgan fingerprint density at radius 2 is 1.86 bits per heavy atom. The number of nitrogens with one attached hydrogen (secondary N) is 2. The highest BCUT2D eigenvalue weighted by Gasteiger charge is 2.45. The Bertz CT molecular complexity index is 971. The number of aliphatic hydroxyl groups excluding tert-OH is 1. The molecule has 3 unspecified atom stereocenters. The van der Waals surface area contributed by atoms with E-state index in [2.05, 4.69) is 15.7 Å². The molecule has 148 valence electrons. The molecule has 3 atom stereocenters. The topological polar surface area (TPSA) is 96.2 Å². The van der Waals surface area contributed by atoms with Gasteiger partial charge in [-0.3, -0.25) is 9.59 Å². The van der Waals surface area contributed by atoms with Crippen molar-refractivity contribution in [3.8, 4) is 5.69 Å².